The first-order valence-electron chi connectivity index (χ1n) is 8.86. The number of hydrogen-bond acceptors (Lipinski definition) is 3. The van der Waals surface area contributed by atoms with Crippen LogP contribution in [0.4, 0.5) is 0 Å². The molecule has 23 heavy (non-hydrogen) atoms. The highest BCUT2D eigenvalue weighted by Crippen LogP contribution is 2.54. The highest BCUT2D eigenvalue weighted by atomic mass is 32.2. The van der Waals surface area contributed by atoms with E-state index in [-0.39, 0.29) is 5.60 Å². The van der Waals surface area contributed by atoms with Gasteiger partial charge < -0.3 is 9.84 Å². The first-order chi connectivity index (χ1) is 10.9. The number of hydrogen-bond donors (Lipinski definition) is 1. The second kappa shape index (κ2) is 6.43. The molecule has 0 saturated heterocycles. The summed E-state index contributed by atoms with van der Waals surface area (Å²) in [6, 6.07) is 4.13. The van der Waals surface area contributed by atoms with E-state index in [1.807, 2.05) is 17.8 Å². The predicted octanol–water partition coefficient (Wildman–Crippen LogP) is 6.10. The van der Waals surface area contributed by atoms with Crippen LogP contribution in [-0.4, -0.2) is 16.5 Å². The van der Waals surface area contributed by atoms with Crippen LogP contribution in [0.15, 0.2) is 17.0 Å². The highest BCUT2D eigenvalue weighted by Gasteiger charge is 2.39. The van der Waals surface area contributed by atoms with Crippen LogP contribution in [-0.2, 0) is 0 Å². The second-order valence-electron chi connectivity index (χ2n) is 7.33. The normalized spacial score (nSPS) is 20.0. The van der Waals surface area contributed by atoms with E-state index >= 15 is 0 Å². The molecular formula is C20H28O2S. The molecule has 3 heteroatoms. The summed E-state index contributed by atoms with van der Waals surface area (Å²) in [6.07, 6.45) is 5.96. The summed E-state index contributed by atoms with van der Waals surface area (Å²) in [5, 5.41) is 10.7. The van der Waals surface area contributed by atoms with E-state index in [9.17, 15) is 5.11 Å². The Hall–Kier alpha value is -1.09. The summed E-state index contributed by atoms with van der Waals surface area (Å²) in [6.45, 7) is 8.76. The number of fused-ring (bicyclic) bond motifs is 2. The van der Waals surface area contributed by atoms with Crippen molar-refractivity contribution < 1.29 is 9.84 Å². The third-order valence-electron chi connectivity index (χ3n) is 5.00. The van der Waals surface area contributed by atoms with Gasteiger partial charge >= 0.3 is 0 Å². The minimum absolute atomic E-state index is 0.278. The molecule has 1 unspecified atom stereocenters. The van der Waals surface area contributed by atoms with Gasteiger partial charge in [0.05, 0.1) is 5.56 Å². The van der Waals surface area contributed by atoms with Gasteiger partial charge in [0, 0.05) is 10.7 Å². The molecular weight excluding hydrogens is 304 g/mol. The van der Waals surface area contributed by atoms with E-state index in [1.54, 1.807) is 0 Å². The Morgan fingerprint density at radius 1 is 1.30 bits per heavy atom. The van der Waals surface area contributed by atoms with Crippen LogP contribution in [0.2, 0.25) is 0 Å². The summed E-state index contributed by atoms with van der Waals surface area (Å²) in [5.74, 6) is 2.81. The molecule has 0 aromatic heterocycles. The van der Waals surface area contributed by atoms with Crippen LogP contribution in [0.25, 0.3) is 5.57 Å². The van der Waals surface area contributed by atoms with E-state index in [4.69, 9.17) is 4.74 Å². The fraction of sp³-hybridized carbons (Fsp3) is 0.600. The van der Waals surface area contributed by atoms with Gasteiger partial charge in [0.25, 0.3) is 0 Å². The minimum Gasteiger partial charge on any atom is -0.507 e. The first-order valence-corrected chi connectivity index (χ1v) is 9.85. The molecule has 0 saturated carbocycles. The molecule has 0 radical (unpaired) electrons. The van der Waals surface area contributed by atoms with Crippen molar-refractivity contribution >= 4 is 17.3 Å². The number of aromatic hydroxyl groups is 1. The van der Waals surface area contributed by atoms with Gasteiger partial charge in [0.15, 0.2) is 0 Å². The number of phenolic OH excluding ortho intramolecular Hbond substituents is 1. The molecule has 2 aliphatic heterocycles. The van der Waals surface area contributed by atoms with Gasteiger partial charge in [0.1, 0.15) is 17.1 Å². The van der Waals surface area contributed by atoms with Gasteiger partial charge in [-0.05, 0) is 55.9 Å². The van der Waals surface area contributed by atoms with Crippen molar-refractivity contribution in [2.45, 2.75) is 71.3 Å². The Bertz CT molecular complexity index is 631. The summed E-state index contributed by atoms with van der Waals surface area (Å²) in [4.78, 5) is 1.30. The molecule has 2 aliphatic rings. The van der Waals surface area contributed by atoms with Gasteiger partial charge in [0.2, 0.25) is 0 Å². The Morgan fingerprint density at radius 3 is 2.83 bits per heavy atom. The van der Waals surface area contributed by atoms with Crippen molar-refractivity contribution in [2.24, 2.45) is 0 Å². The largest absolute Gasteiger partial charge is 0.507 e. The Kier molecular flexibility index (Phi) is 4.68. The molecule has 1 N–H and O–H groups in total. The van der Waals surface area contributed by atoms with Gasteiger partial charge in [-0.3, -0.25) is 0 Å². The zero-order chi connectivity index (χ0) is 16.6. The molecule has 0 aliphatic carbocycles. The van der Waals surface area contributed by atoms with E-state index in [1.165, 1.54) is 41.7 Å². The van der Waals surface area contributed by atoms with Crippen LogP contribution < -0.4 is 4.74 Å². The van der Waals surface area contributed by atoms with Gasteiger partial charge in [-0.15, -0.1) is 11.8 Å². The lowest BCUT2D eigenvalue weighted by Gasteiger charge is -2.35. The number of allylic oxidation sites excluding steroid dienone is 1. The molecule has 1 aromatic carbocycles. The van der Waals surface area contributed by atoms with Gasteiger partial charge in [-0.2, -0.15) is 0 Å². The fourth-order valence-corrected chi connectivity index (χ4v) is 4.99. The zero-order valence-electron chi connectivity index (χ0n) is 14.7. The lowest BCUT2D eigenvalue weighted by atomic mass is 9.88. The van der Waals surface area contributed by atoms with E-state index < -0.39 is 0 Å². The van der Waals surface area contributed by atoms with E-state index in [2.05, 4.69) is 33.8 Å². The van der Waals surface area contributed by atoms with Crippen LogP contribution in [0, 0.1) is 0 Å². The molecule has 0 fully saturated rings. The molecule has 0 bridgehead atoms. The Morgan fingerprint density at radius 2 is 2.09 bits per heavy atom. The molecule has 2 nitrogen and oxygen atoms in total. The lowest BCUT2D eigenvalue weighted by molar-refractivity contribution is 0.153. The predicted molar refractivity (Wildman–Crippen MR) is 99.4 cm³/mol. The van der Waals surface area contributed by atoms with Crippen molar-refractivity contribution in [3.8, 4) is 11.5 Å². The van der Waals surface area contributed by atoms with Crippen LogP contribution in [0.3, 0.4) is 0 Å². The van der Waals surface area contributed by atoms with Crippen LogP contribution in [0.5, 0.6) is 11.5 Å². The molecule has 3 rings (SSSR count). The van der Waals surface area contributed by atoms with Crippen molar-refractivity contribution in [1.29, 1.82) is 0 Å². The number of thioether (sulfide) groups is 1. The zero-order valence-corrected chi connectivity index (χ0v) is 15.6. The molecule has 1 atom stereocenters. The molecule has 126 valence electrons. The first kappa shape index (κ1) is 16.8. The summed E-state index contributed by atoms with van der Waals surface area (Å²) >= 11 is 1.87. The summed E-state index contributed by atoms with van der Waals surface area (Å²) < 4.78 is 6.29. The molecule has 1 aromatic rings. The quantitative estimate of drug-likeness (QED) is 0.661. The maximum atomic E-state index is 10.7. The lowest BCUT2D eigenvalue weighted by Crippen LogP contribution is -2.32. The summed E-state index contributed by atoms with van der Waals surface area (Å²) in [7, 11) is 0. The van der Waals surface area contributed by atoms with E-state index in [0.717, 1.165) is 23.5 Å². The number of phenols is 1. The maximum Gasteiger partial charge on any atom is 0.134 e. The number of unbranched alkanes of at least 4 members (excludes halogenated alkanes) is 2. The van der Waals surface area contributed by atoms with Crippen molar-refractivity contribution in [1.82, 2.24) is 0 Å². The minimum atomic E-state index is -0.278. The van der Waals surface area contributed by atoms with E-state index in [0.29, 0.717) is 11.7 Å². The highest BCUT2D eigenvalue weighted by molar-refractivity contribution is 8.03. The monoisotopic (exact) mass is 332 g/mol. The third kappa shape index (κ3) is 3.13. The second-order valence-corrected chi connectivity index (χ2v) is 8.43. The fourth-order valence-electron chi connectivity index (χ4n) is 3.71. The Balaban J connectivity index is 1.94. The molecule has 0 spiro atoms. The number of benzene rings is 1. The smallest absolute Gasteiger partial charge is 0.134 e. The maximum absolute atomic E-state index is 10.7. The molecule has 0 amide bonds. The number of ether oxygens (including phenoxy) is 1. The average molecular weight is 333 g/mol. The van der Waals surface area contributed by atoms with Crippen LogP contribution in [0.1, 0.15) is 76.8 Å². The third-order valence-corrected chi connectivity index (χ3v) is 6.43. The summed E-state index contributed by atoms with van der Waals surface area (Å²) in [5.41, 5.74) is 3.15. The SMILES string of the molecule is CCCCCC(C)c1cc(O)c2c(c1)OC(C)(C)C1=C2CCS1. The van der Waals surface area contributed by atoms with Gasteiger partial charge in [-0.1, -0.05) is 33.1 Å². The van der Waals surface area contributed by atoms with Gasteiger partial charge in [-0.25, -0.2) is 0 Å². The topological polar surface area (TPSA) is 29.5 Å². The molecule has 2 heterocycles. The standard InChI is InChI=1S/C20H28O2S/c1-5-6-7-8-13(2)14-11-16(21)18-15-9-10-23-19(15)20(3,4)22-17(18)12-14/h11-13,21H,5-10H2,1-4H3. The van der Waals surface area contributed by atoms with Crippen LogP contribution >= 0.6 is 11.8 Å². The van der Waals surface area contributed by atoms with Crippen molar-refractivity contribution in [3.05, 3.63) is 28.2 Å². The van der Waals surface area contributed by atoms with Crippen molar-refractivity contribution in [3.63, 3.8) is 0 Å². The number of rotatable bonds is 5. The Labute approximate surface area is 144 Å². The average Bonchev–Trinajstić information content (AvgIpc) is 2.96. The van der Waals surface area contributed by atoms with Crippen molar-refractivity contribution in [2.75, 3.05) is 5.75 Å².